The lowest BCUT2D eigenvalue weighted by Crippen LogP contribution is -2.25. The van der Waals surface area contributed by atoms with Gasteiger partial charge in [-0.2, -0.15) is 0 Å². The largest absolute Gasteiger partial charge is 0.310 e. The summed E-state index contributed by atoms with van der Waals surface area (Å²) in [6.45, 7) is 0.672. The summed E-state index contributed by atoms with van der Waals surface area (Å²) in [5.74, 6) is -0.421. The van der Waals surface area contributed by atoms with Crippen LogP contribution < -0.4 is 5.32 Å². The number of amides is 1. The lowest BCUT2D eigenvalue weighted by molar-refractivity contribution is -0.119. The molecule has 3 aromatic rings. The minimum absolute atomic E-state index is 0.0637. The summed E-state index contributed by atoms with van der Waals surface area (Å²) < 4.78 is 25.4. The van der Waals surface area contributed by atoms with Crippen molar-refractivity contribution in [2.24, 2.45) is 5.92 Å². The quantitative estimate of drug-likeness (QED) is 0.645. The monoisotopic (exact) mass is 431 g/mol. The second-order valence-electron chi connectivity index (χ2n) is 7.40. The lowest BCUT2D eigenvalue weighted by Gasteiger charge is -2.12. The third-order valence-corrected chi connectivity index (χ3v) is 7.24. The van der Waals surface area contributed by atoms with Gasteiger partial charge in [-0.05, 0) is 43.0 Å². The molecule has 8 heteroatoms. The van der Waals surface area contributed by atoms with Crippen molar-refractivity contribution in [3.63, 3.8) is 0 Å². The van der Waals surface area contributed by atoms with E-state index in [-0.39, 0.29) is 17.4 Å². The smallest absolute Gasteiger partial charge is 0.230 e. The number of nitrogens with one attached hydrogen (secondary N) is 1. The number of benzene rings is 2. The van der Waals surface area contributed by atoms with Crippen molar-refractivity contribution in [2.45, 2.75) is 25.8 Å². The summed E-state index contributed by atoms with van der Waals surface area (Å²) in [5.41, 5.74) is 2.84. The molecule has 1 amide bonds. The molecule has 1 N–H and O–H groups in total. The lowest BCUT2D eigenvalue weighted by atomic mass is 10.1. The van der Waals surface area contributed by atoms with Crippen LogP contribution in [0.25, 0.3) is 11.0 Å². The third kappa shape index (κ3) is 4.62. The molecule has 1 fully saturated rings. The zero-order valence-corrected chi connectivity index (χ0v) is 17.4. The number of fused-ring (bicyclic) bond motifs is 1. The Morgan fingerprint density at radius 3 is 2.72 bits per heavy atom. The molecule has 152 valence electrons. The van der Waals surface area contributed by atoms with E-state index in [0.717, 1.165) is 18.4 Å². The van der Waals surface area contributed by atoms with E-state index in [1.807, 2.05) is 28.8 Å². The van der Waals surface area contributed by atoms with E-state index in [4.69, 9.17) is 11.6 Å². The first kappa shape index (κ1) is 19.9. The molecule has 0 saturated carbocycles. The number of sulfone groups is 1. The van der Waals surface area contributed by atoms with Crippen molar-refractivity contribution in [1.82, 2.24) is 9.55 Å². The van der Waals surface area contributed by atoms with Crippen molar-refractivity contribution >= 4 is 44.3 Å². The second-order valence-corrected chi connectivity index (χ2v) is 10.1. The minimum Gasteiger partial charge on any atom is -0.310 e. The average molecular weight is 432 g/mol. The van der Waals surface area contributed by atoms with Gasteiger partial charge >= 0.3 is 0 Å². The number of halogens is 1. The number of carbonyl (C=O) groups excluding carboxylic acids is 1. The van der Waals surface area contributed by atoms with E-state index in [0.29, 0.717) is 29.5 Å². The minimum atomic E-state index is -3.12. The third-order valence-electron chi connectivity index (χ3n) is 5.24. The second kappa shape index (κ2) is 8.16. The van der Waals surface area contributed by atoms with Gasteiger partial charge in [-0.15, -0.1) is 0 Å². The van der Waals surface area contributed by atoms with Gasteiger partial charge in [0.2, 0.25) is 11.9 Å². The maximum atomic E-state index is 12.6. The predicted molar refractivity (Wildman–Crippen MR) is 115 cm³/mol. The van der Waals surface area contributed by atoms with Crippen LogP contribution in [0.1, 0.15) is 18.4 Å². The number of hydrogen-bond acceptors (Lipinski definition) is 4. The van der Waals surface area contributed by atoms with Crippen LogP contribution in [-0.2, 0) is 27.6 Å². The van der Waals surface area contributed by atoms with Crippen molar-refractivity contribution < 1.29 is 13.2 Å². The molecule has 0 aliphatic carbocycles. The molecule has 29 heavy (non-hydrogen) atoms. The Morgan fingerprint density at radius 1 is 1.21 bits per heavy atom. The number of rotatable bonds is 6. The molecule has 1 atom stereocenters. The number of imidazole rings is 1. The molecule has 1 aliphatic rings. The van der Waals surface area contributed by atoms with Crippen LogP contribution in [0.15, 0.2) is 48.5 Å². The first-order valence-corrected chi connectivity index (χ1v) is 11.8. The maximum absolute atomic E-state index is 12.6. The van der Waals surface area contributed by atoms with Gasteiger partial charge in [0.25, 0.3) is 0 Å². The fraction of sp³-hybridized carbons (Fsp3) is 0.333. The molecule has 1 aromatic heterocycles. The highest BCUT2D eigenvalue weighted by molar-refractivity contribution is 7.91. The van der Waals surface area contributed by atoms with Crippen LogP contribution in [0.4, 0.5) is 5.95 Å². The van der Waals surface area contributed by atoms with Crippen molar-refractivity contribution in [2.75, 3.05) is 16.8 Å². The van der Waals surface area contributed by atoms with Crippen LogP contribution in [-0.4, -0.2) is 35.4 Å². The van der Waals surface area contributed by atoms with E-state index in [1.165, 1.54) is 5.56 Å². The summed E-state index contributed by atoms with van der Waals surface area (Å²) in [4.78, 5) is 17.2. The molecule has 0 radical (unpaired) electrons. The van der Waals surface area contributed by atoms with Gasteiger partial charge in [-0.3, -0.25) is 10.1 Å². The Hall–Kier alpha value is -2.38. The summed E-state index contributed by atoms with van der Waals surface area (Å²) in [6.07, 6.45) is 2.13. The topological polar surface area (TPSA) is 81.1 Å². The van der Waals surface area contributed by atoms with Crippen LogP contribution >= 0.6 is 11.6 Å². The first-order valence-electron chi connectivity index (χ1n) is 9.62. The van der Waals surface area contributed by atoms with Crippen LogP contribution in [0.3, 0.4) is 0 Å². The van der Waals surface area contributed by atoms with E-state index in [1.54, 1.807) is 12.1 Å². The number of carbonyl (C=O) groups is 1. The summed E-state index contributed by atoms with van der Waals surface area (Å²) in [5, 5.41) is 3.43. The zero-order valence-electron chi connectivity index (χ0n) is 15.8. The zero-order chi connectivity index (χ0) is 20.4. The van der Waals surface area contributed by atoms with Gasteiger partial charge in [0.05, 0.1) is 28.5 Å². The molecular weight excluding hydrogens is 410 g/mol. The normalized spacial score (nSPS) is 18.2. The average Bonchev–Trinajstić information content (AvgIpc) is 3.22. The molecule has 4 rings (SSSR count). The molecule has 1 unspecified atom stereocenters. The number of anilines is 1. The van der Waals surface area contributed by atoms with Crippen molar-refractivity contribution in [3.8, 4) is 0 Å². The SMILES string of the molecule is O=C(Nc1nc2cc(Cl)ccc2n1CCCc1ccccc1)C1CCS(=O)(=O)C1. The van der Waals surface area contributed by atoms with E-state index >= 15 is 0 Å². The van der Waals surface area contributed by atoms with E-state index in [2.05, 4.69) is 22.4 Å². The van der Waals surface area contributed by atoms with Gasteiger partial charge in [0.1, 0.15) is 0 Å². The Morgan fingerprint density at radius 2 is 2.00 bits per heavy atom. The molecule has 1 saturated heterocycles. The van der Waals surface area contributed by atoms with Gasteiger partial charge in [-0.25, -0.2) is 13.4 Å². The standard InChI is InChI=1S/C21H22ClN3O3S/c22-17-8-9-19-18(13-17)23-21(24-20(26)16-10-12-29(27,28)14-16)25(19)11-4-7-15-5-2-1-3-6-15/h1-3,5-6,8-9,13,16H,4,7,10-12,14H2,(H,23,24,26). The van der Waals surface area contributed by atoms with E-state index < -0.39 is 15.8 Å². The Bertz CT molecular complexity index is 1140. The molecule has 0 bridgehead atoms. The Balaban J connectivity index is 1.55. The number of nitrogens with zero attached hydrogens (tertiary/aromatic N) is 2. The number of aromatic nitrogens is 2. The number of hydrogen-bond donors (Lipinski definition) is 1. The van der Waals surface area contributed by atoms with Gasteiger partial charge in [0.15, 0.2) is 9.84 Å². The summed E-state index contributed by atoms with van der Waals surface area (Å²) in [6, 6.07) is 15.7. The van der Waals surface area contributed by atoms with Crippen LogP contribution in [0.2, 0.25) is 5.02 Å². The highest BCUT2D eigenvalue weighted by Gasteiger charge is 2.33. The molecular formula is C21H22ClN3O3S. The summed E-state index contributed by atoms with van der Waals surface area (Å²) >= 11 is 6.10. The highest BCUT2D eigenvalue weighted by atomic mass is 35.5. The Labute approximate surface area is 174 Å². The van der Waals surface area contributed by atoms with Crippen LogP contribution in [0, 0.1) is 5.92 Å². The van der Waals surface area contributed by atoms with Gasteiger partial charge in [0, 0.05) is 11.6 Å². The molecule has 1 aliphatic heterocycles. The highest BCUT2D eigenvalue weighted by Crippen LogP contribution is 2.26. The molecule has 0 spiro atoms. The predicted octanol–water partition coefficient (Wildman–Crippen LogP) is 3.70. The number of aryl methyl sites for hydroxylation is 2. The molecule has 2 aromatic carbocycles. The molecule has 2 heterocycles. The van der Waals surface area contributed by atoms with Gasteiger partial charge < -0.3 is 4.57 Å². The first-order chi connectivity index (χ1) is 13.9. The fourth-order valence-electron chi connectivity index (χ4n) is 3.72. The molecule has 6 nitrogen and oxygen atoms in total. The van der Waals surface area contributed by atoms with Crippen molar-refractivity contribution in [3.05, 3.63) is 59.1 Å². The van der Waals surface area contributed by atoms with Gasteiger partial charge in [-0.1, -0.05) is 41.9 Å². The Kier molecular flexibility index (Phi) is 5.61. The van der Waals surface area contributed by atoms with E-state index in [9.17, 15) is 13.2 Å². The maximum Gasteiger partial charge on any atom is 0.230 e. The fourth-order valence-corrected chi connectivity index (χ4v) is 5.63. The summed E-state index contributed by atoms with van der Waals surface area (Å²) in [7, 11) is -3.12. The van der Waals surface area contributed by atoms with Crippen LogP contribution in [0.5, 0.6) is 0 Å². The van der Waals surface area contributed by atoms with Crippen molar-refractivity contribution in [1.29, 1.82) is 0 Å².